The highest BCUT2D eigenvalue weighted by Gasteiger charge is 2.20. The van der Waals surface area contributed by atoms with Gasteiger partial charge in [0.15, 0.2) is 11.5 Å². The average Bonchev–Trinajstić information content (AvgIpc) is 2.84. The number of benzene rings is 1. The van der Waals surface area contributed by atoms with Crippen LogP contribution in [0.2, 0.25) is 0 Å². The van der Waals surface area contributed by atoms with Gasteiger partial charge in [0.25, 0.3) is 0 Å². The molecular formula is C16H25NO3. The summed E-state index contributed by atoms with van der Waals surface area (Å²) >= 11 is 0. The van der Waals surface area contributed by atoms with Crippen LogP contribution in [0.4, 0.5) is 0 Å². The highest BCUT2D eigenvalue weighted by atomic mass is 16.7. The maximum absolute atomic E-state index is 10.2. The van der Waals surface area contributed by atoms with Crippen LogP contribution in [0.15, 0.2) is 18.2 Å². The Labute approximate surface area is 121 Å². The first kappa shape index (κ1) is 15.1. The topological polar surface area (TPSA) is 50.7 Å². The van der Waals surface area contributed by atoms with Crippen molar-refractivity contribution in [1.82, 2.24) is 5.32 Å². The van der Waals surface area contributed by atoms with Crippen LogP contribution >= 0.6 is 0 Å². The van der Waals surface area contributed by atoms with E-state index in [1.54, 1.807) is 0 Å². The van der Waals surface area contributed by atoms with E-state index in [9.17, 15) is 5.11 Å². The number of nitrogens with one attached hydrogen (secondary N) is 1. The fourth-order valence-electron chi connectivity index (χ4n) is 1.98. The molecule has 0 amide bonds. The lowest BCUT2D eigenvalue weighted by Crippen LogP contribution is -2.32. The van der Waals surface area contributed by atoms with Gasteiger partial charge in [-0.3, -0.25) is 0 Å². The summed E-state index contributed by atoms with van der Waals surface area (Å²) in [5, 5.41) is 13.5. The number of hydrogen-bond donors (Lipinski definition) is 2. The Balaban J connectivity index is 1.85. The normalized spacial score (nSPS) is 17.1. The van der Waals surface area contributed by atoms with Crippen LogP contribution in [0.5, 0.6) is 11.5 Å². The zero-order valence-corrected chi connectivity index (χ0v) is 12.8. The van der Waals surface area contributed by atoms with E-state index < -0.39 is 6.10 Å². The Morgan fingerprint density at radius 3 is 2.60 bits per heavy atom. The molecule has 1 aromatic rings. The molecule has 0 aliphatic carbocycles. The molecular weight excluding hydrogens is 254 g/mol. The lowest BCUT2D eigenvalue weighted by molar-refractivity contribution is 0.164. The van der Waals surface area contributed by atoms with Gasteiger partial charge in [0.1, 0.15) is 0 Å². The largest absolute Gasteiger partial charge is 0.454 e. The van der Waals surface area contributed by atoms with Gasteiger partial charge in [-0.25, -0.2) is 0 Å². The third kappa shape index (κ3) is 3.64. The minimum absolute atomic E-state index is 0.260. The first-order valence-corrected chi connectivity index (χ1v) is 7.16. The van der Waals surface area contributed by atoms with Crippen molar-refractivity contribution < 1.29 is 14.6 Å². The van der Waals surface area contributed by atoms with Crippen LogP contribution in [0.3, 0.4) is 0 Å². The van der Waals surface area contributed by atoms with Crippen LogP contribution < -0.4 is 14.8 Å². The Morgan fingerprint density at radius 2 is 1.90 bits per heavy atom. The molecule has 1 heterocycles. The molecule has 2 N–H and O–H groups in total. The number of aliphatic hydroxyl groups is 1. The lowest BCUT2D eigenvalue weighted by Gasteiger charge is -2.27. The van der Waals surface area contributed by atoms with Gasteiger partial charge in [0, 0.05) is 6.54 Å². The summed E-state index contributed by atoms with van der Waals surface area (Å²) in [4.78, 5) is 0. The first-order chi connectivity index (χ1) is 9.38. The third-order valence-corrected chi connectivity index (χ3v) is 4.05. The van der Waals surface area contributed by atoms with Crippen molar-refractivity contribution in [1.29, 1.82) is 0 Å². The third-order valence-electron chi connectivity index (χ3n) is 4.05. The van der Waals surface area contributed by atoms with E-state index >= 15 is 0 Å². The molecule has 4 nitrogen and oxygen atoms in total. The van der Waals surface area contributed by atoms with Gasteiger partial charge >= 0.3 is 0 Å². The molecule has 0 saturated heterocycles. The van der Waals surface area contributed by atoms with Gasteiger partial charge in [0.05, 0.1) is 6.10 Å². The summed E-state index contributed by atoms with van der Waals surface area (Å²) < 4.78 is 10.6. The van der Waals surface area contributed by atoms with Gasteiger partial charge in [-0.2, -0.15) is 0 Å². The highest BCUT2D eigenvalue weighted by molar-refractivity contribution is 5.45. The van der Waals surface area contributed by atoms with Crippen LogP contribution in [0.1, 0.15) is 39.4 Å². The zero-order valence-electron chi connectivity index (χ0n) is 12.8. The van der Waals surface area contributed by atoms with Crippen molar-refractivity contribution in [3.05, 3.63) is 23.8 Å². The van der Waals surface area contributed by atoms with Crippen molar-refractivity contribution in [2.75, 3.05) is 19.9 Å². The molecule has 0 aromatic heterocycles. The highest BCUT2D eigenvalue weighted by Crippen LogP contribution is 2.34. The smallest absolute Gasteiger partial charge is 0.231 e. The second kappa shape index (κ2) is 6.02. The quantitative estimate of drug-likeness (QED) is 0.870. The predicted octanol–water partition coefficient (Wildman–Crippen LogP) is 2.72. The van der Waals surface area contributed by atoms with E-state index in [4.69, 9.17) is 9.47 Å². The minimum Gasteiger partial charge on any atom is -0.454 e. The molecule has 2 rings (SSSR count). The van der Waals surface area contributed by atoms with E-state index in [0.29, 0.717) is 18.2 Å². The van der Waals surface area contributed by atoms with Crippen molar-refractivity contribution in [3.63, 3.8) is 0 Å². The van der Waals surface area contributed by atoms with Crippen molar-refractivity contribution in [3.8, 4) is 11.5 Å². The van der Waals surface area contributed by atoms with Crippen molar-refractivity contribution >= 4 is 0 Å². The molecule has 0 radical (unpaired) electrons. The maximum atomic E-state index is 10.2. The minimum atomic E-state index is -0.531. The fourth-order valence-corrected chi connectivity index (χ4v) is 1.98. The number of fused-ring (bicyclic) bond motifs is 1. The summed E-state index contributed by atoms with van der Waals surface area (Å²) in [7, 11) is 0. The number of aliphatic hydroxyl groups excluding tert-OH is 1. The molecule has 112 valence electrons. The zero-order chi connectivity index (χ0) is 14.8. The van der Waals surface area contributed by atoms with Gasteiger partial charge < -0.3 is 19.9 Å². The Hall–Kier alpha value is -1.26. The van der Waals surface area contributed by atoms with Crippen LogP contribution in [-0.2, 0) is 0 Å². The SMILES string of the molecule is CC(CNCC(O)c1ccc2c(c1)OCO2)C(C)(C)C. The van der Waals surface area contributed by atoms with Gasteiger partial charge in [-0.15, -0.1) is 0 Å². The molecule has 4 heteroatoms. The molecule has 20 heavy (non-hydrogen) atoms. The monoisotopic (exact) mass is 279 g/mol. The Kier molecular flexibility index (Phi) is 4.55. The molecule has 0 spiro atoms. The molecule has 1 aliphatic rings. The van der Waals surface area contributed by atoms with Crippen LogP contribution in [0, 0.1) is 11.3 Å². The summed E-state index contributed by atoms with van der Waals surface area (Å²) in [5.41, 5.74) is 1.13. The van der Waals surface area contributed by atoms with Crippen molar-refractivity contribution in [2.45, 2.75) is 33.8 Å². The summed E-state index contributed by atoms with van der Waals surface area (Å²) in [6.45, 7) is 10.6. The van der Waals surface area contributed by atoms with E-state index in [0.717, 1.165) is 17.9 Å². The van der Waals surface area contributed by atoms with E-state index in [1.165, 1.54) is 0 Å². The predicted molar refractivity (Wildman–Crippen MR) is 79.0 cm³/mol. The lowest BCUT2D eigenvalue weighted by atomic mass is 9.82. The summed E-state index contributed by atoms with van der Waals surface area (Å²) in [6, 6.07) is 5.58. The standard InChI is InChI=1S/C16H25NO3/c1-11(16(2,3)4)8-17-9-13(18)12-5-6-14-15(7-12)20-10-19-14/h5-7,11,13,17-18H,8-10H2,1-4H3. The summed E-state index contributed by atoms with van der Waals surface area (Å²) in [6.07, 6.45) is -0.531. The van der Waals surface area contributed by atoms with Crippen molar-refractivity contribution in [2.24, 2.45) is 11.3 Å². The fraction of sp³-hybridized carbons (Fsp3) is 0.625. The number of ether oxygens (including phenoxy) is 2. The first-order valence-electron chi connectivity index (χ1n) is 7.16. The molecule has 2 unspecified atom stereocenters. The Bertz CT molecular complexity index is 454. The maximum Gasteiger partial charge on any atom is 0.231 e. The molecule has 1 aromatic carbocycles. The molecule has 2 atom stereocenters. The van der Waals surface area contributed by atoms with Gasteiger partial charge in [0.2, 0.25) is 6.79 Å². The van der Waals surface area contributed by atoms with Crippen LogP contribution in [-0.4, -0.2) is 25.0 Å². The molecule has 1 aliphatic heterocycles. The van der Waals surface area contributed by atoms with Gasteiger partial charge in [-0.05, 0) is 35.6 Å². The number of rotatable bonds is 5. The van der Waals surface area contributed by atoms with E-state index in [1.807, 2.05) is 18.2 Å². The molecule has 0 saturated carbocycles. The molecule has 0 fully saturated rings. The van der Waals surface area contributed by atoms with E-state index in [-0.39, 0.29) is 12.2 Å². The molecule has 0 bridgehead atoms. The van der Waals surface area contributed by atoms with Gasteiger partial charge in [-0.1, -0.05) is 33.8 Å². The van der Waals surface area contributed by atoms with E-state index in [2.05, 4.69) is 33.0 Å². The average molecular weight is 279 g/mol. The Morgan fingerprint density at radius 1 is 1.20 bits per heavy atom. The summed E-state index contributed by atoms with van der Waals surface area (Å²) in [5.74, 6) is 2.01. The van der Waals surface area contributed by atoms with Crippen LogP contribution in [0.25, 0.3) is 0 Å². The second-order valence-electron chi connectivity index (χ2n) is 6.55. The number of hydrogen-bond acceptors (Lipinski definition) is 4. The second-order valence-corrected chi connectivity index (χ2v) is 6.55.